The predicted octanol–water partition coefficient (Wildman–Crippen LogP) is 0.293. The summed E-state index contributed by atoms with van der Waals surface area (Å²) in [7, 11) is 0. The lowest BCUT2D eigenvalue weighted by Crippen LogP contribution is -2.56. The van der Waals surface area contributed by atoms with E-state index in [4.69, 9.17) is 10.5 Å². The number of likely N-dealkylation sites (N-methyl/N-ethyl adjacent to an activating group) is 1. The molecule has 1 saturated heterocycles. The first-order chi connectivity index (χ1) is 8.41. The number of ether oxygens (including phenoxy) is 1. The van der Waals surface area contributed by atoms with Crippen LogP contribution >= 0.6 is 0 Å². The maximum absolute atomic E-state index is 12.1. The highest BCUT2D eigenvalue weighted by Crippen LogP contribution is 2.20. The summed E-state index contributed by atoms with van der Waals surface area (Å²) in [4.78, 5) is 16.1. The molecule has 0 spiro atoms. The van der Waals surface area contributed by atoms with Gasteiger partial charge in [-0.25, -0.2) is 0 Å². The number of rotatable bonds is 5. The van der Waals surface area contributed by atoms with Gasteiger partial charge < -0.3 is 15.4 Å². The first kappa shape index (κ1) is 15.4. The van der Waals surface area contributed by atoms with Gasteiger partial charge in [0.1, 0.15) is 0 Å². The molecule has 1 amide bonds. The van der Waals surface area contributed by atoms with Crippen LogP contribution in [0, 0.1) is 0 Å². The Morgan fingerprint density at radius 2 is 2.06 bits per heavy atom. The molecular formula is C13H27N3O2. The fourth-order valence-corrected chi connectivity index (χ4v) is 2.53. The summed E-state index contributed by atoms with van der Waals surface area (Å²) in [6, 6.07) is 0. The Kier molecular flexibility index (Phi) is 5.56. The SMILES string of the molecule is CCN(CC)C(=O)CN1CC(CN)OC(C)(C)C1. The molecule has 0 saturated carbocycles. The maximum Gasteiger partial charge on any atom is 0.236 e. The first-order valence-corrected chi connectivity index (χ1v) is 6.79. The number of carbonyl (C=O) groups is 1. The van der Waals surface area contributed by atoms with Crippen molar-refractivity contribution >= 4 is 5.91 Å². The standard InChI is InChI=1S/C13H27N3O2/c1-5-16(6-2)12(17)9-15-8-11(7-14)18-13(3,4)10-15/h11H,5-10,14H2,1-4H3. The van der Waals surface area contributed by atoms with Crippen molar-refractivity contribution in [2.45, 2.75) is 39.4 Å². The second-order valence-electron chi connectivity index (χ2n) is 5.47. The van der Waals surface area contributed by atoms with E-state index in [0.717, 1.165) is 26.2 Å². The lowest BCUT2D eigenvalue weighted by atomic mass is 10.1. The summed E-state index contributed by atoms with van der Waals surface area (Å²) in [5, 5.41) is 0. The number of amides is 1. The summed E-state index contributed by atoms with van der Waals surface area (Å²) >= 11 is 0. The van der Waals surface area contributed by atoms with E-state index in [-0.39, 0.29) is 17.6 Å². The van der Waals surface area contributed by atoms with Crippen molar-refractivity contribution < 1.29 is 9.53 Å². The van der Waals surface area contributed by atoms with Gasteiger partial charge in [-0.2, -0.15) is 0 Å². The summed E-state index contributed by atoms with van der Waals surface area (Å²) in [5.41, 5.74) is 5.45. The molecule has 2 N–H and O–H groups in total. The van der Waals surface area contributed by atoms with Crippen LogP contribution in [0.25, 0.3) is 0 Å². The average molecular weight is 257 g/mol. The summed E-state index contributed by atoms with van der Waals surface area (Å²) in [6.45, 7) is 12.1. The van der Waals surface area contributed by atoms with Crippen molar-refractivity contribution in [3.63, 3.8) is 0 Å². The normalized spacial score (nSPS) is 23.9. The Morgan fingerprint density at radius 3 is 2.56 bits per heavy atom. The van der Waals surface area contributed by atoms with Gasteiger partial charge >= 0.3 is 0 Å². The minimum atomic E-state index is -0.230. The van der Waals surface area contributed by atoms with Gasteiger partial charge in [-0.05, 0) is 27.7 Å². The second-order valence-corrected chi connectivity index (χ2v) is 5.47. The molecule has 5 heteroatoms. The molecule has 1 rings (SSSR count). The molecule has 0 aromatic rings. The highest BCUT2D eigenvalue weighted by atomic mass is 16.5. The van der Waals surface area contributed by atoms with E-state index in [1.54, 1.807) is 0 Å². The molecule has 1 aliphatic rings. The van der Waals surface area contributed by atoms with E-state index in [1.807, 2.05) is 32.6 Å². The second kappa shape index (κ2) is 6.50. The summed E-state index contributed by atoms with van der Waals surface area (Å²) in [6.07, 6.45) is 0.0262. The zero-order valence-corrected chi connectivity index (χ0v) is 12.1. The van der Waals surface area contributed by atoms with Gasteiger partial charge in [0.15, 0.2) is 0 Å². The zero-order chi connectivity index (χ0) is 13.8. The van der Waals surface area contributed by atoms with E-state index >= 15 is 0 Å². The maximum atomic E-state index is 12.1. The Balaban J connectivity index is 2.58. The van der Waals surface area contributed by atoms with Crippen molar-refractivity contribution in [1.82, 2.24) is 9.80 Å². The first-order valence-electron chi connectivity index (χ1n) is 6.79. The fourth-order valence-electron chi connectivity index (χ4n) is 2.53. The van der Waals surface area contributed by atoms with Crippen LogP contribution in [0.3, 0.4) is 0 Å². The van der Waals surface area contributed by atoms with Gasteiger partial charge in [0, 0.05) is 32.7 Å². The number of nitrogens with two attached hydrogens (primary N) is 1. The van der Waals surface area contributed by atoms with Crippen molar-refractivity contribution in [2.24, 2.45) is 5.73 Å². The molecule has 106 valence electrons. The molecule has 1 aliphatic heterocycles. The number of morpholine rings is 1. The Bertz CT molecular complexity index is 277. The molecule has 0 aliphatic carbocycles. The minimum absolute atomic E-state index is 0.0262. The van der Waals surface area contributed by atoms with Crippen LogP contribution in [0.5, 0.6) is 0 Å². The predicted molar refractivity (Wildman–Crippen MR) is 72.4 cm³/mol. The largest absolute Gasteiger partial charge is 0.368 e. The molecular weight excluding hydrogens is 230 g/mol. The Hall–Kier alpha value is -0.650. The van der Waals surface area contributed by atoms with E-state index in [1.165, 1.54) is 0 Å². The van der Waals surface area contributed by atoms with Crippen LogP contribution < -0.4 is 5.73 Å². The van der Waals surface area contributed by atoms with Crippen molar-refractivity contribution in [2.75, 3.05) is 39.3 Å². The monoisotopic (exact) mass is 257 g/mol. The third kappa shape index (κ3) is 4.23. The van der Waals surface area contributed by atoms with Gasteiger partial charge in [0.25, 0.3) is 0 Å². The van der Waals surface area contributed by atoms with Gasteiger partial charge in [0.2, 0.25) is 5.91 Å². The van der Waals surface area contributed by atoms with Gasteiger partial charge in [-0.1, -0.05) is 0 Å². The Morgan fingerprint density at radius 1 is 1.44 bits per heavy atom. The van der Waals surface area contributed by atoms with Gasteiger partial charge in [-0.3, -0.25) is 9.69 Å². The molecule has 0 aromatic heterocycles. The molecule has 1 heterocycles. The van der Waals surface area contributed by atoms with Gasteiger partial charge in [0.05, 0.1) is 18.2 Å². The van der Waals surface area contributed by atoms with Crippen molar-refractivity contribution in [3.8, 4) is 0 Å². The van der Waals surface area contributed by atoms with E-state index in [2.05, 4.69) is 4.90 Å². The molecule has 1 unspecified atom stereocenters. The topological polar surface area (TPSA) is 58.8 Å². The van der Waals surface area contributed by atoms with Crippen LogP contribution in [-0.4, -0.2) is 66.7 Å². The minimum Gasteiger partial charge on any atom is -0.368 e. The lowest BCUT2D eigenvalue weighted by molar-refractivity contribution is -0.146. The van der Waals surface area contributed by atoms with E-state index in [0.29, 0.717) is 13.1 Å². The van der Waals surface area contributed by atoms with Crippen LogP contribution in [0.15, 0.2) is 0 Å². The molecule has 1 fully saturated rings. The third-order valence-corrected chi connectivity index (χ3v) is 3.29. The number of nitrogens with zero attached hydrogens (tertiary/aromatic N) is 2. The van der Waals surface area contributed by atoms with Crippen molar-refractivity contribution in [1.29, 1.82) is 0 Å². The van der Waals surface area contributed by atoms with E-state index in [9.17, 15) is 4.79 Å². The molecule has 18 heavy (non-hydrogen) atoms. The Labute approximate surface area is 110 Å². The summed E-state index contributed by atoms with van der Waals surface area (Å²) < 4.78 is 5.86. The fraction of sp³-hybridized carbons (Fsp3) is 0.923. The van der Waals surface area contributed by atoms with Crippen LogP contribution in [0.4, 0.5) is 0 Å². The van der Waals surface area contributed by atoms with E-state index < -0.39 is 0 Å². The highest BCUT2D eigenvalue weighted by Gasteiger charge is 2.33. The lowest BCUT2D eigenvalue weighted by Gasteiger charge is -2.42. The molecule has 0 radical (unpaired) electrons. The quantitative estimate of drug-likeness (QED) is 0.769. The number of carbonyl (C=O) groups excluding carboxylic acids is 1. The number of hydrogen-bond acceptors (Lipinski definition) is 4. The molecule has 0 bridgehead atoms. The van der Waals surface area contributed by atoms with Crippen LogP contribution in [0.1, 0.15) is 27.7 Å². The van der Waals surface area contributed by atoms with Crippen LogP contribution in [-0.2, 0) is 9.53 Å². The van der Waals surface area contributed by atoms with Gasteiger partial charge in [-0.15, -0.1) is 0 Å². The zero-order valence-electron chi connectivity index (χ0n) is 12.1. The molecule has 0 aromatic carbocycles. The average Bonchev–Trinajstić information content (AvgIpc) is 2.28. The highest BCUT2D eigenvalue weighted by molar-refractivity contribution is 5.78. The summed E-state index contributed by atoms with van der Waals surface area (Å²) in [5.74, 6) is 0.188. The molecule has 1 atom stereocenters. The van der Waals surface area contributed by atoms with Crippen molar-refractivity contribution in [3.05, 3.63) is 0 Å². The van der Waals surface area contributed by atoms with Crippen LogP contribution in [0.2, 0.25) is 0 Å². The third-order valence-electron chi connectivity index (χ3n) is 3.29. The molecule has 5 nitrogen and oxygen atoms in total. The number of hydrogen-bond donors (Lipinski definition) is 1. The smallest absolute Gasteiger partial charge is 0.236 e.